The topological polar surface area (TPSA) is 11.4 Å². The third kappa shape index (κ3) is 6.59. The zero-order valence-electron chi connectivity index (χ0n) is 37.0. The molecule has 11 aromatic rings. The second-order valence-electron chi connectivity index (χ2n) is 17.8. The van der Waals surface area contributed by atoms with Crippen LogP contribution < -0.4 is 9.80 Å². The van der Waals surface area contributed by atoms with Gasteiger partial charge >= 0.3 is 0 Å². The van der Waals surface area contributed by atoms with Crippen LogP contribution in [0.1, 0.15) is 25.0 Å². The molecule has 1 aliphatic rings. The predicted octanol–water partition coefficient (Wildman–Crippen LogP) is 17.4. The molecule has 0 fully saturated rings. The third-order valence-corrected chi connectivity index (χ3v) is 13.6. The van der Waals surface area contributed by atoms with E-state index in [0.717, 1.165) is 50.9 Å². The lowest BCUT2D eigenvalue weighted by molar-refractivity contribution is 0.660. The molecule has 1 aromatic heterocycles. The molecule has 0 saturated heterocycles. The van der Waals surface area contributed by atoms with Gasteiger partial charge in [-0.05, 0) is 136 Å². The van der Waals surface area contributed by atoms with E-state index in [2.05, 4.69) is 277 Å². The molecule has 1 aliphatic carbocycles. The highest BCUT2D eigenvalue weighted by atomic mass is 15.2. The first kappa shape index (κ1) is 39.2. The summed E-state index contributed by atoms with van der Waals surface area (Å²) in [5, 5.41) is 2.43. The molecule has 0 unspecified atom stereocenters. The van der Waals surface area contributed by atoms with Crippen molar-refractivity contribution in [2.75, 3.05) is 9.80 Å². The van der Waals surface area contributed by atoms with Crippen LogP contribution in [0.5, 0.6) is 0 Å². The van der Waals surface area contributed by atoms with Crippen LogP contribution in [0.3, 0.4) is 0 Å². The Bertz CT molecular complexity index is 3540. The summed E-state index contributed by atoms with van der Waals surface area (Å²) < 4.78 is 2.39. The number of rotatable bonds is 9. The van der Waals surface area contributed by atoms with Crippen LogP contribution in [0.25, 0.3) is 60.9 Å². The predicted molar refractivity (Wildman–Crippen MR) is 279 cm³/mol. The molecule has 0 N–H and O–H groups in total. The van der Waals surface area contributed by atoms with Crippen molar-refractivity contribution >= 4 is 55.9 Å². The van der Waals surface area contributed by atoms with Gasteiger partial charge in [0.05, 0.1) is 16.7 Å². The van der Waals surface area contributed by atoms with Crippen LogP contribution in [-0.4, -0.2) is 4.57 Å². The van der Waals surface area contributed by atoms with Crippen LogP contribution in [-0.2, 0) is 5.41 Å². The Balaban J connectivity index is 1.09. The van der Waals surface area contributed by atoms with Crippen molar-refractivity contribution in [2.45, 2.75) is 19.3 Å². The van der Waals surface area contributed by atoms with Gasteiger partial charge in [-0.3, -0.25) is 0 Å². The third-order valence-electron chi connectivity index (χ3n) is 13.6. The van der Waals surface area contributed by atoms with Crippen molar-refractivity contribution in [3.8, 4) is 39.1 Å². The van der Waals surface area contributed by atoms with Gasteiger partial charge in [-0.15, -0.1) is 0 Å². The summed E-state index contributed by atoms with van der Waals surface area (Å²) >= 11 is 0. The Morgan fingerprint density at radius 2 is 0.833 bits per heavy atom. The Labute approximate surface area is 386 Å². The minimum atomic E-state index is -0.139. The molecule has 66 heavy (non-hydrogen) atoms. The molecular weight excluding hydrogens is 799 g/mol. The summed E-state index contributed by atoms with van der Waals surface area (Å²) in [5.41, 5.74) is 19.9. The van der Waals surface area contributed by atoms with Gasteiger partial charge in [-0.25, -0.2) is 0 Å². The number of fused-ring (bicyclic) bond motifs is 6. The second-order valence-corrected chi connectivity index (χ2v) is 17.8. The molecule has 1 heterocycles. The summed E-state index contributed by atoms with van der Waals surface area (Å²) in [6.07, 6.45) is 0. The summed E-state index contributed by atoms with van der Waals surface area (Å²) in [6, 6.07) is 90.6. The molecule has 0 atom stereocenters. The summed E-state index contributed by atoms with van der Waals surface area (Å²) in [5.74, 6) is 0. The molecule has 0 spiro atoms. The first-order valence-corrected chi connectivity index (χ1v) is 22.8. The molecule has 0 bridgehead atoms. The lowest BCUT2D eigenvalue weighted by Crippen LogP contribution is -2.17. The number of hydrogen-bond donors (Lipinski definition) is 0. The Hall–Kier alpha value is -8.40. The highest BCUT2D eigenvalue weighted by Crippen LogP contribution is 2.52. The zero-order chi connectivity index (χ0) is 44.2. The SMILES string of the molecule is CC1(C)c2ccccc2-c2ccc(N(c3ccccc3)c3ccc(N(c4ccccc4)c4ccc(-c5ccccc5)cc4)c(-c4ccc5c(c4)c4ccccc4n5-c4ccccc4)c3)cc21. The Kier molecular flexibility index (Phi) is 9.50. The van der Waals surface area contributed by atoms with E-state index in [9.17, 15) is 0 Å². The Morgan fingerprint density at radius 3 is 1.58 bits per heavy atom. The van der Waals surface area contributed by atoms with E-state index >= 15 is 0 Å². The molecule has 0 aliphatic heterocycles. The van der Waals surface area contributed by atoms with Crippen LogP contribution >= 0.6 is 0 Å². The number of nitrogens with zero attached hydrogens (tertiary/aromatic N) is 3. The number of hydrogen-bond acceptors (Lipinski definition) is 2. The second kappa shape index (κ2) is 16.0. The first-order chi connectivity index (χ1) is 32.5. The molecule has 0 amide bonds. The minimum Gasteiger partial charge on any atom is -0.310 e. The molecule has 0 radical (unpaired) electrons. The van der Waals surface area contributed by atoms with E-state index in [0.29, 0.717) is 0 Å². The maximum Gasteiger partial charge on any atom is 0.0541 e. The van der Waals surface area contributed by atoms with Gasteiger partial charge < -0.3 is 14.4 Å². The van der Waals surface area contributed by atoms with E-state index in [1.165, 1.54) is 55.2 Å². The van der Waals surface area contributed by atoms with Crippen molar-refractivity contribution < 1.29 is 0 Å². The van der Waals surface area contributed by atoms with E-state index in [-0.39, 0.29) is 5.41 Å². The number of benzene rings is 10. The summed E-state index contributed by atoms with van der Waals surface area (Å²) in [7, 11) is 0. The first-order valence-electron chi connectivity index (χ1n) is 22.8. The molecule has 12 rings (SSSR count). The fraction of sp³-hybridized carbons (Fsp3) is 0.0476. The van der Waals surface area contributed by atoms with Gasteiger partial charge in [-0.2, -0.15) is 0 Å². The summed E-state index contributed by atoms with van der Waals surface area (Å²) in [4.78, 5) is 4.83. The van der Waals surface area contributed by atoms with Crippen molar-refractivity contribution in [1.82, 2.24) is 4.57 Å². The zero-order valence-corrected chi connectivity index (χ0v) is 37.0. The van der Waals surface area contributed by atoms with Gasteiger partial charge in [0, 0.05) is 55.9 Å². The van der Waals surface area contributed by atoms with Gasteiger partial charge in [0.1, 0.15) is 0 Å². The lowest BCUT2D eigenvalue weighted by Gasteiger charge is -2.31. The normalized spacial score (nSPS) is 12.5. The monoisotopic (exact) mass is 845 g/mol. The minimum absolute atomic E-state index is 0.139. The van der Waals surface area contributed by atoms with Crippen molar-refractivity contribution in [1.29, 1.82) is 0 Å². The largest absolute Gasteiger partial charge is 0.310 e. The highest BCUT2D eigenvalue weighted by molar-refractivity contribution is 6.11. The van der Waals surface area contributed by atoms with Crippen LogP contribution in [0, 0.1) is 0 Å². The fourth-order valence-corrected chi connectivity index (χ4v) is 10.4. The van der Waals surface area contributed by atoms with Gasteiger partial charge in [0.25, 0.3) is 0 Å². The standard InChI is InChI=1S/C63H47N3/c1-63(2)58-29-17-15-27-53(58)54-38-36-52(43-59(54)63)64(47-21-9-4-10-22-47)51-37-40-61(65(48-23-11-5-12-24-48)50-34-31-45(32-35-50)44-19-7-3-8-20-44)56(42-51)46-33-39-62-57(41-46)55-28-16-18-30-60(55)66(62)49-25-13-6-14-26-49/h3-43H,1-2H3. The average Bonchev–Trinajstić information content (AvgIpc) is 3.83. The van der Waals surface area contributed by atoms with E-state index in [4.69, 9.17) is 0 Å². The lowest BCUT2D eigenvalue weighted by atomic mass is 9.82. The average molecular weight is 846 g/mol. The van der Waals surface area contributed by atoms with Crippen molar-refractivity contribution in [3.63, 3.8) is 0 Å². The van der Waals surface area contributed by atoms with Crippen molar-refractivity contribution in [3.05, 3.63) is 260 Å². The Morgan fingerprint density at radius 1 is 0.318 bits per heavy atom. The van der Waals surface area contributed by atoms with E-state index in [1.54, 1.807) is 0 Å². The van der Waals surface area contributed by atoms with Crippen LogP contribution in [0.15, 0.2) is 249 Å². The smallest absolute Gasteiger partial charge is 0.0541 e. The quantitative estimate of drug-likeness (QED) is 0.143. The maximum absolute atomic E-state index is 2.42. The maximum atomic E-state index is 2.42. The number of aromatic nitrogens is 1. The van der Waals surface area contributed by atoms with E-state index in [1.807, 2.05) is 0 Å². The van der Waals surface area contributed by atoms with Gasteiger partial charge in [-0.1, -0.05) is 166 Å². The molecule has 10 aromatic carbocycles. The number of para-hydroxylation sites is 4. The van der Waals surface area contributed by atoms with Crippen LogP contribution in [0.2, 0.25) is 0 Å². The molecule has 3 heteroatoms. The molecule has 314 valence electrons. The molecule has 3 nitrogen and oxygen atoms in total. The highest BCUT2D eigenvalue weighted by Gasteiger charge is 2.36. The fourth-order valence-electron chi connectivity index (χ4n) is 10.4. The van der Waals surface area contributed by atoms with Crippen LogP contribution in [0.4, 0.5) is 34.1 Å². The van der Waals surface area contributed by atoms with E-state index < -0.39 is 0 Å². The number of anilines is 6. The molecular formula is C63H47N3. The summed E-state index contributed by atoms with van der Waals surface area (Å²) in [6.45, 7) is 4.72. The van der Waals surface area contributed by atoms with Gasteiger partial charge in [0.2, 0.25) is 0 Å². The molecule has 0 saturated carbocycles. The van der Waals surface area contributed by atoms with Crippen molar-refractivity contribution in [2.24, 2.45) is 0 Å². The van der Waals surface area contributed by atoms with Gasteiger partial charge in [0.15, 0.2) is 0 Å².